The molecule has 0 radical (unpaired) electrons. The smallest absolute Gasteiger partial charge is 0.341 e. The molecule has 4 aromatic carbocycles. The summed E-state index contributed by atoms with van der Waals surface area (Å²) in [5.74, 6) is -2.13. The number of halogens is 2. The van der Waals surface area contributed by atoms with Gasteiger partial charge in [-0.1, -0.05) is 24.3 Å². The first-order chi connectivity index (χ1) is 23.2. The largest absolute Gasteiger partial charge is 0.505 e. The van der Waals surface area contributed by atoms with Gasteiger partial charge in [-0.3, -0.25) is 9.97 Å². The standard InChI is InChI=1S/C38H30F2N2O6/c1-46-36-32(38(45)48-3)18-26(30-15-24(20-42-34(30)36)13-22-6-10-28(40)11-7-22)16-25-17-31(37(44)47-2)35(43)33-29(25)14-23(19-41-33)12-21-4-8-27(39)9-5-21/h4-11,14-15,17-20,43H,12-13,16H2,1-3H3. The first kappa shape index (κ1) is 32.1. The van der Waals surface area contributed by atoms with E-state index in [4.69, 9.17) is 14.2 Å². The van der Waals surface area contributed by atoms with Crippen LogP contribution in [0.5, 0.6) is 11.5 Å². The van der Waals surface area contributed by atoms with Crippen LogP contribution in [-0.2, 0) is 28.7 Å². The molecular formula is C38H30F2N2O6. The van der Waals surface area contributed by atoms with Crippen molar-refractivity contribution in [1.29, 1.82) is 0 Å². The van der Waals surface area contributed by atoms with Crippen LogP contribution < -0.4 is 4.74 Å². The average molecular weight is 649 g/mol. The molecule has 0 saturated carbocycles. The summed E-state index contributed by atoms with van der Waals surface area (Å²) >= 11 is 0. The summed E-state index contributed by atoms with van der Waals surface area (Å²) in [5, 5.41) is 12.4. The van der Waals surface area contributed by atoms with Crippen molar-refractivity contribution in [2.75, 3.05) is 21.3 Å². The van der Waals surface area contributed by atoms with Crippen molar-refractivity contribution in [2.24, 2.45) is 0 Å². The zero-order valence-electron chi connectivity index (χ0n) is 26.3. The van der Waals surface area contributed by atoms with Gasteiger partial charge in [0.2, 0.25) is 0 Å². The zero-order valence-corrected chi connectivity index (χ0v) is 26.3. The highest BCUT2D eigenvalue weighted by Gasteiger charge is 2.24. The average Bonchev–Trinajstić information content (AvgIpc) is 3.10. The number of esters is 2. The van der Waals surface area contributed by atoms with Crippen molar-refractivity contribution in [3.05, 3.63) is 141 Å². The fourth-order valence-corrected chi connectivity index (χ4v) is 5.87. The summed E-state index contributed by atoms with van der Waals surface area (Å²) < 4.78 is 42.8. The van der Waals surface area contributed by atoms with Crippen molar-refractivity contribution in [1.82, 2.24) is 9.97 Å². The Kier molecular flexibility index (Phi) is 8.98. The van der Waals surface area contributed by atoms with E-state index in [2.05, 4.69) is 9.97 Å². The van der Waals surface area contributed by atoms with Crippen LogP contribution in [-0.4, -0.2) is 48.3 Å². The number of benzene rings is 4. The lowest BCUT2D eigenvalue weighted by Crippen LogP contribution is -2.08. The summed E-state index contributed by atoms with van der Waals surface area (Å²) in [4.78, 5) is 35.0. The van der Waals surface area contributed by atoms with Gasteiger partial charge in [-0.2, -0.15) is 0 Å². The number of carbonyl (C=O) groups is 2. The van der Waals surface area contributed by atoms with Gasteiger partial charge in [0.05, 0.1) is 21.3 Å². The second-order valence-electron chi connectivity index (χ2n) is 11.3. The molecule has 48 heavy (non-hydrogen) atoms. The van der Waals surface area contributed by atoms with Gasteiger partial charge in [0.15, 0.2) is 11.5 Å². The van der Waals surface area contributed by atoms with Crippen LogP contribution in [0, 0.1) is 11.6 Å². The van der Waals surface area contributed by atoms with E-state index in [1.54, 1.807) is 48.8 Å². The number of hydrogen-bond acceptors (Lipinski definition) is 8. The lowest BCUT2D eigenvalue weighted by atomic mass is 9.91. The van der Waals surface area contributed by atoms with E-state index in [1.165, 1.54) is 45.6 Å². The highest BCUT2D eigenvalue weighted by atomic mass is 19.1. The molecule has 0 atom stereocenters. The third-order valence-corrected chi connectivity index (χ3v) is 8.20. The van der Waals surface area contributed by atoms with Crippen LogP contribution in [0.4, 0.5) is 8.78 Å². The molecule has 0 amide bonds. The van der Waals surface area contributed by atoms with Crippen molar-refractivity contribution in [3.63, 3.8) is 0 Å². The first-order valence-corrected chi connectivity index (χ1v) is 15.0. The molecule has 6 rings (SSSR count). The molecule has 2 aromatic heterocycles. The molecule has 0 spiro atoms. The van der Waals surface area contributed by atoms with Gasteiger partial charge in [0.25, 0.3) is 0 Å². The minimum atomic E-state index is -0.745. The molecule has 6 aromatic rings. The molecule has 10 heteroatoms. The number of rotatable bonds is 9. The molecule has 0 aliphatic rings. The molecule has 0 saturated heterocycles. The van der Waals surface area contributed by atoms with Crippen molar-refractivity contribution in [3.8, 4) is 11.5 Å². The number of ether oxygens (including phenoxy) is 3. The Hall–Kier alpha value is -5.90. The van der Waals surface area contributed by atoms with E-state index >= 15 is 0 Å². The van der Waals surface area contributed by atoms with Crippen LogP contribution in [0.15, 0.2) is 85.2 Å². The van der Waals surface area contributed by atoms with Gasteiger partial charge in [0, 0.05) is 23.2 Å². The van der Waals surface area contributed by atoms with E-state index in [-0.39, 0.29) is 46.2 Å². The predicted octanol–water partition coefficient (Wildman–Crippen LogP) is 7.12. The quantitative estimate of drug-likeness (QED) is 0.165. The molecule has 0 fully saturated rings. The summed E-state index contributed by atoms with van der Waals surface area (Å²) in [7, 11) is 3.94. The number of carbonyl (C=O) groups excluding carboxylic acids is 2. The Morgan fingerprint density at radius 2 is 1.08 bits per heavy atom. The Bertz CT molecular complexity index is 2180. The topological polar surface area (TPSA) is 108 Å². The monoisotopic (exact) mass is 648 g/mol. The maximum absolute atomic E-state index is 13.6. The highest BCUT2D eigenvalue weighted by molar-refractivity contribution is 6.03. The van der Waals surface area contributed by atoms with Crippen LogP contribution in [0.25, 0.3) is 21.8 Å². The van der Waals surface area contributed by atoms with E-state index in [1.807, 2.05) is 12.1 Å². The maximum Gasteiger partial charge on any atom is 0.341 e. The van der Waals surface area contributed by atoms with Crippen molar-refractivity contribution >= 4 is 33.7 Å². The van der Waals surface area contributed by atoms with Gasteiger partial charge in [-0.25, -0.2) is 18.4 Å². The third kappa shape index (κ3) is 6.37. The van der Waals surface area contributed by atoms with Crippen molar-refractivity contribution in [2.45, 2.75) is 19.3 Å². The number of aromatic nitrogens is 2. The van der Waals surface area contributed by atoms with Crippen molar-refractivity contribution < 1.29 is 37.7 Å². The molecule has 1 N–H and O–H groups in total. The summed E-state index contributed by atoms with van der Waals surface area (Å²) in [6.07, 6.45) is 4.36. The minimum absolute atomic E-state index is 0.0695. The number of methoxy groups -OCH3 is 3. The lowest BCUT2D eigenvalue weighted by Gasteiger charge is -2.17. The number of phenolic OH excluding ortho intramolecular Hbond substituents is 1. The van der Waals surface area contributed by atoms with E-state index < -0.39 is 11.9 Å². The van der Waals surface area contributed by atoms with Crippen LogP contribution in [0.1, 0.15) is 54.1 Å². The molecule has 0 bridgehead atoms. The van der Waals surface area contributed by atoms with Gasteiger partial charge in [-0.05, 0) is 101 Å². The Balaban J connectivity index is 1.54. The Morgan fingerprint density at radius 3 is 1.58 bits per heavy atom. The summed E-state index contributed by atoms with van der Waals surface area (Å²) in [5.41, 5.74) is 5.33. The fourth-order valence-electron chi connectivity index (χ4n) is 5.87. The summed E-state index contributed by atoms with van der Waals surface area (Å²) in [6.45, 7) is 0. The molecule has 2 heterocycles. The van der Waals surface area contributed by atoms with E-state index in [0.29, 0.717) is 40.3 Å². The number of hydrogen-bond donors (Lipinski definition) is 1. The minimum Gasteiger partial charge on any atom is -0.505 e. The first-order valence-electron chi connectivity index (χ1n) is 15.0. The molecular weight excluding hydrogens is 618 g/mol. The summed E-state index contributed by atoms with van der Waals surface area (Å²) in [6, 6.07) is 19.4. The van der Waals surface area contributed by atoms with E-state index in [9.17, 15) is 23.5 Å². The maximum atomic E-state index is 13.6. The molecule has 8 nitrogen and oxygen atoms in total. The second kappa shape index (κ2) is 13.4. The number of phenols is 1. The second-order valence-corrected chi connectivity index (χ2v) is 11.3. The number of aromatic hydroxyl groups is 1. The molecule has 242 valence electrons. The lowest BCUT2D eigenvalue weighted by molar-refractivity contribution is 0.0588. The normalized spacial score (nSPS) is 11.1. The van der Waals surface area contributed by atoms with Gasteiger partial charge < -0.3 is 19.3 Å². The number of nitrogens with zero attached hydrogens (tertiary/aromatic N) is 2. The highest BCUT2D eigenvalue weighted by Crippen LogP contribution is 2.37. The Labute approximate surface area is 274 Å². The van der Waals surface area contributed by atoms with Gasteiger partial charge >= 0.3 is 11.9 Å². The fraction of sp³-hybridized carbons (Fsp3) is 0.158. The molecule has 0 aliphatic heterocycles. The molecule has 0 aliphatic carbocycles. The SMILES string of the molecule is COC(=O)c1cc(Cc2cc(C(=O)OC)c(OC)c3ncc(Cc4ccc(F)cc4)cc23)c2cc(Cc3ccc(F)cc3)cnc2c1O. The third-order valence-electron chi connectivity index (χ3n) is 8.20. The van der Waals surface area contributed by atoms with E-state index in [0.717, 1.165) is 22.3 Å². The van der Waals surface area contributed by atoms with Gasteiger partial charge in [-0.15, -0.1) is 0 Å². The Morgan fingerprint density at radius 1 is 0.625 bits per heavy atom. The number of fused-ring (bicyclic) bond motifs is 2. The number of pyridine rings is 2. The van der Waals surface area contributed by atoms with Gasteiger partial charge in [0.1, 0.15) is 33.8 Å². The predicted molar refractivity (Wildman–Crippen MR) is 176 cm³/mol. The zero-order chi connectivity index (χ0) is 33.9. The van der Waals surface area contributed by atoms with Crippen LogP contribution in [0.3, 0.4) is 0 Å². The van der Waals surface area contributed by atoms with Crippen LogP contribution in [0.2, 0.25) is 0 Å². The van der Waals surface area contributed by atoms with Crippen LogP contribution >= 0.6 is 0 Å². The molecule has 0 unspecified atom stereocenters.